The van der Waals surface area contributed by atoms with Crippen LogP contribution in [0.15, 0.2) is 53.0 Å². The summed E-state index contributed by atoms with van der Waals surface area (Å²) in [6.07, 6.45) is 4.16. The molecule has 32 heavy (non-hydrogen) atoms. The Bertz CT molecular complexity index is 985. The zero-order chi connectivity index (χ0) is 22.3. The number of hydrogen-bond acceptors (Lipinski definition) is 6. The minimum Gasteiger partial charge on any atom is -0.376 e. The summed E-state index contributed by atoms with van der Waals surface area (Å²) in [6, 6.07) is 14.6. The smallest absolute Gasteiger partial charge is 0.233 e. The normalized spacial score (nSPS) is 17.9. The van der Waals surface area contributed by atoms with Crippen LogP contribution in [0, 0.1) is 0 Å². The number of ether oxygens (including phenoxy) is 1. The molecule has 0 bridgehead atoms. The van der Waals surface area contributed by atoms with Crippen LogP contribution in [0.2, 0.25) is 0 Å². The van der Waals surface area contributed by atoms with Gasteiger partial charge in [0.25, 0.3) is 0 Å². The van der Waals surface area contributed by atoms with Crippen LogP contribution < -0.4 is 5.32 Å². The van der Waals surface area contributed by atoms with Crippen LogP contribution in [0.4, 0.5) is 0 Å². The number of aromatic nitrogens is 3. The first-order valence-corrected chi connectivity index (χ1v) is 13.0. The highest BCUT2D eigenvalue weighted by Gasteiger charge is 2.25. The molecule has 0 aliphatic carbocycles. The maximum Gasteiger partial charge on any atom is 0.233 e. The molecule has 1 aliphatic rings. The van der Waals surface area contributed by atoms with Crippen LogP contribution in [-0.4, -0.2) is 44.7 Å². The van der Waals surface area contributed by atoms with Crippen molar-refractivity contribution < 1.29 is 9.53 Å². The molecular formula is C24H30N4O2S2. The monoisotopic (exact) mass is 470 g/mol. The first-order chi connectivity index (χ1) is 15.6. The van der Waals surface area contributed by atoms with Crippen LogP contribution in [-0.2, 0) is 22.5 Å². The summed E-state index contributed by atoms with van der Waals surface area (Å²) in [5.41, 5.74) is 1.29. The summed E-state index contributed by atoms with van der Waals surface area (Å²) in [6.45, 7) is 5.51. The molecule has 0 radical (unpaired) electrons. The molecule has 1 amide bonds. The van der Waals surface area contributed by atoms with Gasteiger partial charge in [-0.15, -0.1) is 21.5 Å². The van der Waals surface area contributed by atoms with Gasteiger partial charge in [0.05, 0.1) is 22.8 Å². The number of nitrogens with zero attached hydrogens (tertiary/aromatic N) is 3. The highest BCUT2D eigenvalue weighted by Crippen LogP contribution is 2.30. The Morgan fingerprint density at radius 2 is 2.09 bits per heavy atom. The SMILES string of the molecule is CC(CCc1ccccc1)NC(=O)C(C)Sc1nnc(-c2cccs2)n1CC1CCCO1. The fourth-order valence-electron chi connectivity index (χ4n) is 3.79. The molecule has 0 spiro atoms. The Hall–Kier alpha value is -2.16. The number of benzene rings is 1. The maximum absolute atomic E-state index is 12.8. The number of nitrogens with one attached hydrogen (secondary N) is 1. The van der Waals surface area contributed by atoms with E-state index < -0.39 is 0 Å². The van der Waals surface area contributed by atoms with E-state index in [9.17, 15) is 4.79 Å². The molecule has 8 heteroatoms. The average molecular weight is 471 g/mol. The number of amides is 1. The van der Waals surface area contributed by atoms with Gasteiger partial charge in [-0.25, -0.2) is 0 Å². The molecular weight excluding hydrogens is 440 g/mol. The van der Waals surface area contributed by atoms with Crippen molar-refractivity contribution in [2.24, 2.45) is 0 Å². The lowest BCUT2D eigenvalue weighted by Crippen LogP contribution is -2.38. The predicted molar refractivity (Wildman–Crippen MR) is 130 cm³/mol. The molecule has 1 N–H and O–H groups in total. The fourth-order valence-corrected chi connectivity index (χ4v) is 5.38. The van der Waals surface area contributed by atoms with Crippen LogP contribution in [0.5, 0.6) is 0 Å². The number of rotatable bonds is 10. The molecule has 0 saturated carbocycles. The molecule has 1 aliphatic heterocycles. The van der Waals surface area contributed by atoms with E-state index in [1.54, 1.807) is 11.3 Å². The quantitative estimate of drug-likeness (QED) is 0.431. The van der Waals surface area contributed by atoms with Crippen molar-refractivity contribution in [2.75, 3.05) is 6.61 Å². The van der Waals surface area contributed by atoms with Crippen molar-refractivity contribution >= 4 is 29.0 Å². The Kier molecular flexibility index (Phi) is 8.00. The van der Waals surface area contributed by atoms with Crippen molar-refractivity contribution in [2.45, 2.75) is 68.6 Å². The molecule has 170 valence electrons. The van der Waals surface area contributed by atoms with Gasteiger partial charge in [-0.3, -0.25) is 9.36 Å². The van der Waals surface area contributed by atoms with Crippen molar-refractivity contribution in [3.05, 3.63) is 53.4 Å². The van der Waals surface area contributed by atoms with E-state index in [1.807, 2.05) is 24.4 Å². The van der Waals surface area contributed by atoms with Crippen molar-refractivity contribution in [3.63, 3.8) is 0 Å². The summed E-state index contributed by atoms with van der Waals surface area (Å²) < 4.78 is 7.98. The number of thioether (sulfide) groups is 1. The molecule has 3 aromatic rings. The van der Waals surface area contributed by atoms with Gasteiger partial charge in [-0.05, 0) is 56.5 Å². The van der Waals surface area contributed by atoms with Gasteiger partial charge < -0.3 is 10.1 Å². The molecule has 2 aromatic heterocycles. The summed E-state index contributed by atoms with van der Waals surface area (Å²) in [7, 11) is 0. The molecule has 1 aromatic carbocycles. The minimum atomic E-state index is -0.266. The van der Waals surface area contributed by atoms with Crippen LogP contribution in [0.3, 0.4) is 0 Å². The molecule has 3 heterocycles. The van der Waals surface area contributed by atoms with Gasteiger partial charge in [0.2, 0.25) is 5.91 Å². The Labute approximate surface area is 197 Å². The van der Waals surface area contributed by atoms with Gasteiger partial charge in [0.1, 0.15) is 0 Å². The average Bonchev–Trinajstić information content (AvgIpc) is 3.56. The van der Waals surface area contributed by atoms with Gasteiger partial charge in [-0.1, -0.05) is 48.2 Å². The lowest BCUT2D eigenvalue weighted by atomic mass is 10.1. The third-order valence-corrected chi connectivity index (χ3v) is 7.56. The van der Waals surface area contributed by atoms with Gasteiger partial charge in [0, 0.05) is 12.6 Å². The second-order valence-electron chi connectivity index (χ2n) is 8.22. The summed E-state index contributed by atoms with van der Waals surface area (Å²) in [5.74, 6) is 0.877. The zero-order valence-electron chi connectivity index (χ0n) is 18.6. The van der Waals surface area contributed by atoms with E-state index in [1.165, 1.54) is 17.3 Å². The third-order valence-electron chi connectivity index (χ3n) is 5.62. The maximum atomic E-state index is 12.8. The third kappa shape index (κ3) is 5.99. The highest BCUT2D eigenvalue weighted by atomic mass is 32.2. The number of carbonyl (C=O) groups excluding carboxylic acids is 1. The van der Waals surface area contributed by atoms with Gasteiger partial charge in [0.15, 0.2) is 11.0 Å². The summed E-state index contributed by atoms with van der Waals surface area (Å²) >= 11 is 3.11. The lowest BCUT2D eigenvalue weighted by Gasteiger charge is -2.18. The van der Waals surface area contributed by atoms with Gasteiger partial charge >= 0.3 is 0 Å². The topological polar surface area (TPSA) is 69.0 Å². The second kappa shape index (κ2) is 11.1. The Balaban J connectivity index is 1.38. The Morgan fingerprint density at radius 1 is 1.25 bits per heavy atom. The number of carbonyl (C=O) groups is 1. The van der Waals surface area contributed by atoms with Crippen LogP contribution in [0.25, 0.3) is 10.7 Å². The molecule has 3 unspecified atom stereocenters. The standard InChI is InChI=1S/C24H30N4O2S2/c1-17(12-13-19-8-4-3-5-9-19)25-23(29)18(2)32-24-27-26-22(21-11-7-15-31-21)28(24)16-20-10-6-14-30-20/h3-5,7-9,11,15,17-18,20H,6,10,12-14,16H2,1-2H3,(H,25,29). The van der Waals surface area contributed by atoms with Crippen molar-refractivity contribution in [1.29, 1.82) is 0 Å². The van der Waals surface area contributed by atoms with Crippen LogP contribution >= 0.6 is 23.1 Å². The van der Waals surface area contributed by atoms with E-state index in [2.05, 4.69) is 57.3 Å². The first kappa shape index (κ1) is 23.0. The van der Waals surface area contributed by atoms with E-state index in [-0.39, 0.29) is 23.3 Å². The van der Waals surface area contributed by atoms with E-state index in [4.69, 9.17) is 4.74 Å². The fraction of sp³-hybridized carbons (Fsp3) is 0.458. The number of hydrogen-bond donors (Lipinski definition) is 1. The van der Waals surface area contributed by atoms with E-state index in [0.29, 0.717) is 6.54 Å². The molecule has 6 nitrogen and oxygen atoms in total. The van der Waals surface area contributed by atoms with Crippen molar-refractivity contribution in [3.8, 4) is 10.7 Å². The lowest BCUT2D eigenvalue weighted by molar-refractivity contribution is -0.120. The largest absolute Gasteiger partial charge is 0.376 e. The highest BCUT2D eigenvalue weighted by molar-refractivity contribution is 8.00. The first-order valence-electron chi connectivity index (χ1n) is 11.2. The second-order valence-corrected chi connectivity index (χ2v) is 10.5. The van der Waals surface area contributed by atoms with E-state index in [0.717, 1.165) is 48.1 Å². The Morgan fingerprint density at radius 3 is 2.81 bits per heavy atom. The molecule has 1 saturated heterocycles. The van der Waals surface area contributed by atoms with Crippen molar-refractivity contribution in [1.82, 2.24) is 20.1 Å². The van der Waals surface area contributed by atoms with E-state index >= 15 is 0 Å². The number of aryl methyl sites for hydroxylation is 1. The minimum absolute atomic E-state index is 0.0277. The number of thiophene rings is 1. The van der Waals surface area contributed by atoms with Gasteiger partial charge in [-0.2, -0.15) is 0 Å². The molecule has 3 atom stereocenters. The summed E-state index contributed by atoms with van der Waals surface area (Å²) in [4.78, 5) is 13.9. The van der Waals surface area contributed by atoms with Crippen LogP contribution in [0.1, 0.15) is 38.7 Å². The summed E-state index contributed by atoms with van der Waals surface area (Å²) in [5, 5.41) is 14.6. The molecule has 4 rings (SSSR count). The molecule has 1 fully saturated rings. The predicted octanol–water partition coefficient (Wildman–Crippen LogP) is 4.80. The zero-order valence-corrected chi connectivity index (χ0v) is 20.2.